The van der Waals surface area contributed by atoms with E-state index in [1.54, 1.807) is 28.8 Å². The fourth-order valence-electron chi connectivity index (χ4n) is 2.33. The number of aromatic nitrogens is 4. The van der Waals surface area contributed by atoms with E-state index in [4.69, 9.17) is 0 Å². The number of likely N-dealkylation sites (N-methyl/N-ethyl adjacent to an activating group) is 1. The van der Waals surface area contributed by atoms with Crippen molar-refractivity contribution in [1.29, 1.82) is 0 Å². The smallest absolute Gasteiger partial charge is 0.264 e. The van der Waals surface area contributed by atoms with Crippen molar-refractivity contribution in [3.8, 4) is 0 Å². The molecule has 0 spiro atoms. The molecule has 0 radical (unpaired) electrons. The third kappa shape index (κ3) is 2.84. The topological polar surface area (TPSA) is 64.7 Å². The first kappa shape index (κ1) is 13.7. The zero-order valence-corrected chi connectivity index (χ0v) is 11.8. The lowest BCUT2D eigenvalue weighted by Crippen LogP contribution is -2.36. The van der Waals surface area contributed by atoms with Crippen molar-refractivity contribution in [2.24, 2.45) is 7.05 Å². The van der Waals surface area contributed by atoms with Gasteiger partial charge in [-0.2, -0.15) is 5.10 Å². The Morgan fingerprint density at radius 2 is 2.21 bits per heavy atom. The number of nitrogens with zero attached hydrogens (tertiary/aromatic N) is 4. The molecule has 2 rings (SSSR count). The van der Waals surface area contributed by atoms with E-state index in [1.165, 1.54) is 0 Å². The van der Waals surface area contributed by atoms with E-state index in [-0.39, 0.29) is 5.56 Å². The largest absolute Gasteiger partial charge is 0.312 e. The third-order valence-corrected chi connectivity index (χ3v) is 3.27. The van der Waals surface area contributed by atoms with Crippen LogP contribution in [0.3, 0.4) is 0 Å². The SMILES string of the molecule is CCCC(Cn1cnc2c(cnn2C)c1=O)NCC. The number of fused-ring (bicyclic) bond motifs is 1. The average Bonchev–Trinajstić information content (AvgIpc) is 2.76. The lowest BCUT2D eigenvalue weighted by atomic mass is 10.1. The Labute approximate surface area is 112 Å². The maximum absolute atomic E-state index is 12.3. The second-order valence-electron chi connectivity index (χ2n) is 4.75. The van der Waals surface area contributed by atoms with Gasteiger partial charge in [0.05, 0.1) is 6.20 Å². The highest BCUT2D eigenvalue weighted by Crippen LogP contribution is 2.05. The highest BCUT2D eigenvalue weighted by molar-refractivity contribution is 5.72. The van der Waals surface area contributed by atoms with Gasteiger partial charge in [-0.05, 0) is 13.0 Å². The van der Waals surface area contributed by atoms with E-state index in [1.807, 2.05) is 0 Å². The van der Waals surface area contributed by atoms with Crippen molar-refractivity contribution in [3.63, 3.8) is 0 Å². The molecular weight excluding hydrogens is 242 g/mol. The van der Waals surface area contributed by atoms with Crippen LogP contribution in [-0.2, 0) is 13.6 Å². The molecule has 0 aliphatic carbocycles. The quantitative estimate of drug-likeness (QED) is 0.841. The molecule has 104 valence electrons. The summed E-state index contributed by atoms with van der Waals surface area (Å²) in [4.78, 5) is 16.6. The summed E-state index contributed by atoms with van der Waals surface area (Å²) in [6.07, 6.45) is 5.34. The van der Waals surface area contributed by atoms with Gasteiger partial charge >= 0.3 is 0 Å². The second kappa shape index (κ2) is 5.97. The van der Waals surface area contributed by atoms with E-state index in [9.17, 15) is 4.79 Å². The summed E-state index contributed by atoms with van der Waals surface area (Å²) in [5.41, 5.74) is 0.619. The highest BCUT2D eigenvalue weighted by atomic mass is 16.1. The molecule has 2 heterocycles. The Bertz CT molecular complexity index is 595. The number of hydrogen-bond acceptors (Lipinski definition) is 4. The van der Waals surface area contributed by atoms with Crippen LogP contribution in [0.4, 0.5) is 0 Å². The standard InChI is InChI=1S/C13H21N5O/c1-4-6-10(14-5-2)8-18-9-15-12-11(13(18)19)7-16-17(12)3/h7,9-10,14H,4-6,8H2,1-3H3. The second-order valence-corrected chi connectivity index (χ2v) is 4.75. The van der Waals surface area contributed by atoms with Crippen LogP contribution < -0.4 is 10.9 Å². The van der Waals surface area contributed by atoms with Gasteiger partial charge in [-0.25, -0.2) is 4.98 Å². The lowest BCUT2D eigenvalue weighted by Gasteiger charge is -2.18. The normalized spacial score (nSPS) is 13.0. The predicted molar refractivity (Wildman–Crippen MR) is 75.1 cm³/mol. The number of hydrogen-bond donors (Lipinski definition) is 1. The first-order valence-corrected chi connectivity index (χ1v) is 6.77. The summed E-state index contributed by atoms with van der Waals surface area (Å²) in [6, 6.07) is 0.309. The summed E-state index contributed by atoms with van der Waals surface area (Å²) in [5, 5.41) is 8.06. The Hall–Kier alpha value is -1.69. The van der Waals surface area contributed by atoms with Gasteiger partial charge in [0, 0.05) is 19.6 Å². The summed E-state index contributed by atoms with van der Waals surface area (Å²) in [6.45, 7) is 5.78. The van der Waals surface area contributed by atoms with Crippen molar-refractivity contribution in [1.82, 2.24) is 24.6 Å². The molecule has 0 aliphatic heterocycles. The molecule has 1 unspecified atom stereocenters. The summed E-state index contributed by atoms with van der Waals surface area (Å²) in [5.74, 6) is 0. The number of rotatable bonds is 6. The molecule has 0 bridgehead atoms. The average molecular weight is 263 g/mol. The van der Waals surface area contributed by atoms with Crippen LogP contribution >= 0.6 is 0 Å². The fraction of sp³-hybridized carbons (Fsp3) is 0.615. The maximum Gasteiger partial charge on any atom is 0.264 e. The molecule has 0 amide bonds. The molecule has 0 aromatic carbocycles. The van der Waals surface area contributed by atoms with Crippen LogP contribution in [0, 0.1) is 0 Å². The molecule has 0 fully saturated rings. The number of aryl methyl sites for hydroxylation is 1. The number of nitrogens with one attached hydrogen (secondary N) is 1. The van der Waals surface area contributed by atoms with E-state index < -0.39 is 0 Å². The van der Waals surface area contributed by atoms with Crippen molar-refractivity contribution >= 4 is 11.0 Å². The summed E-state index contributed by atoms with van der Waals surface area (Å²) in [7, 11) is 1.79. The van der Waals surface area contributed by atoms with Gasteiger partial charge < -0.3 is 5.32 Å². The molecule has 2 aromatic rings. The minimum absolute atomic E-state index is 0.0166. The molecule has 0 aliphatic rings. The molecule has 19 heavy (non-hydrogen) atoms. The van der Waals surface area contributed by atoms with Crippen LogP contribution in [0.5, 0.6) is 0 Å². The Balaban J connectivity index is 2.29. The first-order chi connectivity index (χ1) is 9.17. The van der Waals surface area contributed by atoms with Gasteiger partial charge in [-0.3, -0.25) is 14.0 Å². The highest BCUT2D eigenvalue weighted by Gasteiger charge is 2.12. The van der Waals surface area contributed by atoms with Crippen LogP contribution in [0.15, 0.2) is 17.3 Å². The summed E-state index contributed by atoms with van der Waals surface area (Å²) >= 11 is 0. The van der Waals surface area contributed by atoms with E-state index >= 15 is 0 Å². The molecule has 6 nitrogen and oxygen atoms in total. The Morgan fingerprint density at radius 1 is 1.42 bits per heavy atom. The van der Waals surface area contributed by atoms with Crippen molar-refractivity contribution < 1.29 is 0 Å². The van der Waals surface area contributed by atoms with E-state index in [0.29, 0.717) is 23.6 Å². The van der Waals surface area contributed by atoms with Crippen LogP contribution in [0.1, 0.15) is 26.7 Å². The van der Waals surface area contributed by atoms with E-state index in [0.717, 1.165) is 19.4 Å². The fourth-order valence-corrected chi connectivity index (χ4v) is 2.33. The van der Waals surface area contributed by atoms with Gasteiger partial charge in [0.15, 0.2) is 5.65 Å². The van der Waals surface area contributed by atoms with Crippen molar-refractivity contribution in [2.75, 3.05) is 6.54 Å². The minimum atomic E-state index is -0.0166. The molecular formula is C13H21N5O. The predicted octanol–water partition coefficient (Wildman–Crippen LogP) is 0.908. The van der Waals surface area contributed by atoms with Gasteiger partial charge in [0.25, 0.3) is 5.56 Å². The Kier molecular flexibility index (Phi) is 4.31. The molecule has 6 heteroatoms. The van der Waals surface area contributed by atoms with E-state index in [2.05, 4.69) is 29.2 Å². The minimum Gasteiger partial charge on any atom is -0.312 e. The van der Waals surface area contributed by atoms with Crippen LogP contribution in [0.2, 0.25) is 0 Å². The monoisotopic (exact) mass is 263 g/mol. The zero-order chi connectivity index (χ0) is 13.8. The zero-order valence-electron chi connectivity index (χ0n) is 11.8. The van der Waals surface area contributed by atoms with Crippen molar-refractivity contribution in [3.05, 3.63) is 22.9 Å². The summed E-state index contributed by atoms with van der Waals surface area (Å²) < 4.78 is 3.29. The molecule has 0 saturated heterocycles. The third-order valence-electron chi connectivity index (χ3n) is 3.27. The van der Waals surface area contributed by atoms with Gasteiger partial charge in [-0.15, -0.1) is 0 Å². The van der Waals surface area contributed by atoms with Crippen molar-refractivity contribution in [2.45, 2.75) is 39.3 Å². The molecule has 2 aromatic heterocycles. The molecule has 1 N–H and O–H groups in total. The Morgan fingerprint density at radius 3 is 2.89 bits per heavy atom. The van der Waals surface area contributed by atoms with Gasteiger partial charge in [0.1, 0.15) is 11.7 Å². The van der Waals surface area contributed by atoms with Gasteiger partial charge in [-0.1, -0.05) is 20.3 Å². The molecule has 1 atom stereocenters. The maximum atomic E-state index is 12.3. The first-order valence-electron chi connectivity index (χ1n) is 6.77. The van der Waals surface area contributed by atoms with Gasteiger partial charge in [0.2, 0.25) is 0 Å². The van der Waals surface area contributed by atoms with Crippen LogP contribution in [0.25, 0.3) is 11.0 Å². The molecule has 0 saturated carbocycles. The lowest BCUT2D eigenvalue weighted by molar-refractivity contribution is 0.422. The van der Waals surface area contributed by atoms with Crippen LogP contribution in [-0.4, -0.2) is 31.9 Å².